The van der Waals surface area contributed by atoms with Gasteiger partial charge in [-0.1, -0.05) is 30.4 Å². The summed E-state index contributed by atoms with van der Waals surface area (Å²) in [5.41, 5.74) is 0. The fourth-order valence-electron chi connectivity index (χ4n) is 2.43. The maximum atomic E-state index is 12.4. The first kappa shape index (κ1) is 13.9. The maximum Gasteiger partial charge on any atom is 0.267 e. The number of carbonyl (C=O) groups excluding carboxylic acids is 1. The van der Waals surface area contributed by atoms with Crippen LogP contribution in [0.2, 0.25) is 0 Å². The molecule has 0 N–H and O–H groups in total. The van der Waals surface area contributed by atoms with Gasteiger partial charge in [0.05, 0.1) is 17.8 Å². The molecule has 3 heterocycles. The van der Waals surface area contributed by atoms with E-state index in [1.165, 1.54) is 31.0 Å². The minimum absolute atomic E-state index is 0.0121. The largest absolute Gasteiger partial charge is 0.465 e. The molecule has 2 aliphatic heterocycles. The van der Waals surface area contributed by atoms with Crippen LogP contribution in [0.25, 0.3) is 6.08 Å². The lowest BCUT2D eigenvalue weighted by Gasteiger charge is -2.29. The Balaban J connectivity index is 1.70. The van der Waals surface area contributed by atoms with Gasteiger partial charge in [-0.25, -0.2) is 0 Å². The summed E-state index contributed by atoms with van der Waals surface area (Å²) in [6.45, 7) is 2.71. The fourth-order valence-corrected chi connectivity index (χ4v) is 3.65. The van der Waals surface area contributed by atoms with E-state index in [1.54, 1.807) is 23.3 Å². The quantitative estimate of drug-likeness (QED) is 0.634. The van der Waals surface area contributed by atoms with Crippen LogP contribution in [-0.2, 0) is 4.79 Å². The number of nitrogens with zero attached hydrogens (tertiary/aromatic N) is 2. The van der Waals surface area contributed by atoms with Gasteiger partial charge in [0.2, 0.25) is 0 Å². The van der Waals surface area contributed by atoms with Crippen molar-refractivity contribution in [1.29, 1.82) is 0 Å². The lowest BCUT2D eigenvalue weighted by atomic mass is 10.1. The van der Waals surface area contributed by atoms with Gasteiger partial charge < -0.3 is 4.42 Å². The number of piperidine rings is 1. The van der Waals surface area contributed by atoms with Crippen molar-refractivity contribution in [3.63, 3.8) is 0 Å². The highest BCUT2D eigenvalue weighted by Gasteiger charge is 2.33. The first-order valence-corrected chi connectivity index (χ1v) is 7.98. The van der Waals surface area contributed by atoms with Crippen molar-refractivity contribution in [3.05, 3.63) is 29.1 Å². The van der Waals surface area contributed by atoms with Gasteiger partial charge in [0.25, 0.3) is 5.91 Å². The molecule has 6 heteroatoms. The molecule has 0 bridgehead atoms. The molecule has 4 nitrogen and oxygen atoms in total. The van der Waals surface area contributed by atoms with E-state index in [4.69, 9.17) is 16.6 Å². The summed E-state index contributed by atoms with van der Waals surface area (Å²) >= 11 is 6.68. The van der Waals surface area contributed by atoms with E-state index >= 15 is 0 Å². The fraction of sp³-hybridized carbons (Fsp3) is 0.429. The summed E-state index contributed by atoms with van der Waals surface area (Å²) in [6.07, 6.45) is 7.05. The molecule has 1 aromatic rings. The van der Waals surface area contributed by atoms with E-state index in [1.807, 2.05) is 6.07 Å². The zero-order valence-corrected chi connectivity index (χ0v) is 12.7. The van der Waals surface area contributed by atoms with Crippen LogP contribution in [0.4, 0.5) is 0 Å². The number of hydrogen-bond acceptors (Lipinski definition) is 5. The Bertz CT molecular complexity index is 533. The number of thiocarbonyl (C=S) groups is 1. The van der Waals surface area contributed by atoms with Crippen molar-refractivity contribution in [2.75, 3.05) is 19.8 Å². The van der Waals surface area contributed by atoms with Crippen molar-refractivity contribution in [2.45, 2.75) is 19.3 Å². The third-order valence-electron chi connectivity index (χ3n) is 3.48. The van der Waals surface area contributed by atoms with E-state index in [9.17, 15) is 4.79 Å². The zero-order valence-electron chi connectivity index (χ0n) is 11.1. The maximum absolute atomic E-state index is 12.4. The first-order valence-electron chi connectivity index (χ1n) is 6.75. The van der Waals surface area contributed by atoms with Gasteiger partial charge >= 0.3 is 0 Å². The van der Waals surface area contributed by atoms with Crippen molar-refractivity contribution in [1.82, 2.24) is 9.80 Å². The molecule has 3 rings (SSSR count). The molecule has 0 atom stereocenters. The average Bonchev–Trinajstić information content (AvgIpc) is 3.05. The minimum Gasteiger partial charge on any atom is -0.465 e. The Morgan fingerprint density at radius 1 is 1.35 bits per heavy atom. The van der Waals surface area contributed by atoms with Crippen LogP contribution in [0.15, 0.2) is 27.7 Å². The number of carbonyl (C=O) groups is 1. The van der Waals surface area contributed by atoms with E-state index in [0.717, 1.165) is 13.1 Å². The molecule has 1 amide bonds. The third-order valence-corrected chi connectivity index (χ3v) is 4.86. The molecule has 0 unspecified atom stereocenters. The van der Waals surface area contributed by atoms with E-state index < -0.39 is 0 Å². The highest BCUT2D eigenvalue weighted by molar-refractivity contribution is 8.26. The van der Waals surface area contributed by atoms with Crippen LogP contribution in [0, 0.1) is 0 Å². The molecule has 0 aromatic carbocycles. The highest BCUT2D eigenvalue weighted by Crippen LogP contribution is 2.32. The molecule has 0 aliphatic carbocycles. The van der Waals surface area contributed by atoms with Gasteiger partial charge in [-0.05, 0) is 38.1 Å². The number of thioether (sulfide) groups is 1. The second-order valence-electron chi connectivity index (χ2n) is 4.95. The highest BCUT2D eigenvalue weighted by atomic mass is 32.2. The summed E-state index contributed by atoms with van der Waals surface area (Å²) < 4.78 is 5.89. The summed E-state index contributed by atoms with van der Waals surface area (Å²) in [7, 11) is 0. The molecule has 2 saturated heterocycles. The summed E-state index contributed by atoms with van der Waals surface area (Å²) in [6, 6.07) is 3.64. The van der Waals surface area contributed by atoms with Crippen LogP contribution >= 0.6 is 24.0 Å². The number of amides is 1. The molecule has 2 aliphatic rings. The summed E-state index contributed by atoms with van der Waals surface area (Å²) in [4.78, 5) is 17.0. The van der Waals surface area contributed by atoms with Gasteiger partial charge in [0.1, 0.15) is 10.1 Å². The van der Waals surface area contributed by atoms with Crippen molar-refractivity contribution in [3.8, 4) is 0 Å². The minimum atomic E-state index is -0.0121. The average molecular weight is 308 g/mol. The van der Waals surface area contributed by atoms with Crippen molar-refractivity contribution in [2.24, 2.45) is 0 Å². The lowest BCUT2D eigenvalue weighted by molar-refractivity contribution is -0.123. The molecule has 20 heavy (non-hydrogen) atoms. The molecular formula is C14H16N2O2S2. The Labute approximate surface area is 127 Å². The van der Waals surface area contributed by atoms with Crippen LogP contribution < -0.4 is 0 Å². The Morgan fingerprint density at radius 2 is 2.15 bits per heavy atom. The van der Waals surface area contributed by atoms with Crippen LogP contribution in [0.5, 0.6) is 0 Å². The zero-order chi connectivity index (χ0) is 13.9. The molecule has 0 radical (unpaired) electrons. The van der Waals surface area contributed by atoms with Gasteiger partial charge in [0, 0.05) is 6.08 Å². The normalized spacial score (nSPS) is 23.0. The second-order valence-corrected chi connectivity index (χ2v) is 6.62. The standard InChI is InChI=1S/C14H16N2O2S2/c17-13-12(9-11-5-4-8-18-11)20-14(19)16(13)10-15-6-2-1-3-7-15/h4-5,8-9H,1-3,6-7,10H2. The van der Waals surface area contributed by atoms with Crippen LogP contribution in [-0.4, -0.2) is 39.8 Å². The molecule has 0 spiro atoms. The third kappa shape index (κ3) is 2.97. The van der Waals surface area contributed by atoms with E-state index in [0.29, 0.717) is 21.7 Å². The smallest absolute Gasteiger partial charge is 0.267 e. The Kier molecular flexibility index (Phi) is 4.24. The van der Waals surface area contributed by atoms with Crippen LogP contribution in [0.3, 0.4) is 0 Å². The molecular weight excluding hydrogens is 292 g/mol. The van der Waals surface area contributed by atoms with Gasteiger partial charge in [-0.2, -0.15) is 0 Å². The number of hydrogen-bond donors (Lipinski definition) is 0. The van der Waals surface area contributed by atoms with Crippen LogP contribution in [0.1, 0.15) is 25.0 Å². The number of rotatable bonds is 3. The van der Waals surface area contributed by atoms with E-state index in [2.05, 4.69) is 4.90 Å². The summed E-state index contributed by atoms with van der Waals surface area (Å²) in [5.74, 6) is 0.672. The number of furan rings is 1. The molecule has 0 saturated carbocycles. The summed E-state index contributed by atoms with van der Waals surface area (Å²) in [5, 5.41) is 0. The Hall–Kier alpha value is -1.11. The lowest BCUT2D eigenvalue weighted by Crippen LogP contribution is -2.42. The predicted octanol–water partition coefficient (Wildman–Crippen LogP) is 2.92. The van der Waals surface area contributed by atoms with Gasteiger partial charge in [-0.3, -0.25) is 14.6 Å². The number of likely N-dealkylation sites (tertiary alicyclic amines) is 1. The predicted molar refractivity (Wildman–Crippen MR) is 84.0 cm³/mol. The van der Waals surface area contributed by atoms with Gasteiger partial charge in [-0.15, -0.1) is 0 Å². The topological polar surface area (TPSA) is 36.7 Å². The van der Waals surface area contributed by atoms with Crippen molar-refractivity contribution < 1.29 is 9.21 Å². The van der Waals surface area contributed by atoms with Crippen molar-refractivity contribution >= 4 is 40.3 Å². The van der Waals surface area contributed by atoms with E-state index in [-0.39, 0.29) is 5.91 Å². The second kappa shape index (κ2) is 6.11. The van der Waals surface area contributed by atoms with Gasteiger partial charge in [0.15, 0.2) is 0 Å². The molecule has 2 fully saturated rings. The SMILES string of the molecule is O=C1C(=Cc2ccco2)SC(=S)N1CN1CCCCC1. The monoisotopic (exact) mass is 308 g/mol. The molecule has 1 aromatic heterocycles. The first-order chi connectivity index (χ1) is 9.74. The molecule has 106 valence electrons. The Morgan fingerprint density at radius 3 is 2.85 bits per heavy atom.